The quantitative estimate of drug-likeness (QED) is 0.424. The third kappa shape index (κ3) is 5.31. The lowest BCUT2D eigenvalue weighted by Crippen LogP contribution is -2.29. The zero-order valence-electron chi connectivity index (χ0n) is 17.7. The van der Waals surface area contributed by atoms with Crippen LogP contribution in [-0.2, 0) is 0 Å². The first-order valence-corrected chi connectivity index (χ1v) is 10.8. The lowest BCUT2D eigenvalue weighted by atomic mass is 9.79. The Hall–Kier alpha value is -2.72. The van der Waals surface area contributed by atoms with Crippen LogP contribution in [0.5, 0.6) is 0 Å². The highest BCUT2D eigenvalue weighted by Gasteiger charge is 2.28. The second-order valence-corrected chi connectivity index (χ2v) is 8.60. The number of allylic oxidation sites excluding steroid dienone is 1. The van der Waals surface area contributed by atoms with Gasteiger partial charge in [0.15, 0.2) is 0 Å². The normalized spacial score (nSPS) is 17.5. The molecular weight excluding hydrogens is 413 g/mol. The minimum atomic E-state index is -0.180. The van der Waals surface area contributed by atoms with E-state index in [1.807, 2.05) is 24.3 Å². The predicted molar refractivity (Wildman–Crippen MR) is 121 cm³/mol. The van der Waals surface area contributed by atoms with Gasteiger partial charge in [-0.3, -0.25) is 0 Å². The molecule has 0 saturated heterocycles. The van der Waals surface area contributed by atoms with Crippen molar-refractivity contribution >= 4 is 17.7 Å². The van der Waals surface area contributed by atoms with Crippen molar-refractivity contribution < 1.29 is 8.91 Å². The summed E-state index contributed by atoms with van der Waals surface area (Å²) in [5.74, 6) is 1.23. The summed E-state index contributed by atoms with van der Waals surface area (Å²) in [7, 11) is 4.13. The van der Waals surface area contributed by atoms with Gasteiger partial charge in [-0.2, -0.15) is 4.98 Å². The Bertz CT molecular complexity index is 1110. The first-order chi connectivity index (χ1) is 15.0. The molecule has 2 aromatic carbocycles. The van der Waals surface area contributed by atoms with Crippen LogP contribution in [0.4, 0.5) is 4.39 Å². The van der Waals surface area contributed by atoms with Crippen molar-refractivity contribution in [1.82, 2.24) is 15.0 Å². The first-order valence-electron chi connectivity index (χ1n) is 10.5. The van der Waals surface area contributed by atoms with Gasteiger partial charge in [0.2, 0.25) is 5.82 Å². The summed E-state index contributed by atoms with van der Waals surface area (Å²) in [5, 5.41) is 4.66. The molecule has 4 rings (SSSR count). The zero-order valence-corrected chi connectivity index (χ0v) is 18.4. The van der Waals surface area contributed by atoms with Crippen molar-refractivity contribution in [2.75, 3.05) is 14.1 Å². The average Bonchev–Trinajstić information content (AvgIpc) is 3.22. The summed E-state index contributed by atoms with van der Waals surface area (Å²) in [4.78, 5) is 6.60. The summed E-state index contributed by atoms with van der Waals surface area (Å²) in [6.07, 6.45) is 5.74. The van der Waals surface area contributed by atoms with Crippen molar-refractivity contribution in [3.63, 3.8) is 0 Å². The van der Waals surface area contributed by atoms with Gasteiger partial charge < -0.3 is 9.42 Å². The van der Waals surface area contributed by atoms with E-state index in [0.29, 0.717) is 22.7 Å². The highest BCUT2D eigenvalue weighted by molar-refractivity contribution is 6.30. The van der Waals surface area contributed by atoms with Crippen LogP contribution in [0, 0.1) is 11.7 Å². The molecule has 0 spiro atoms. The van der Waals surface area contributed by atoms with Gasteiger partial charge in [-0.05, 0) is 81.1 Å². The number of aromatic nitrogens is 2. The molecular formula is C25H25ClFN3O. The van der Waals surface area contributed by atoms with Gasteiger partial charge in [0.05, 0.1) is 0 Å². The lowest BCUT2D eigenvalue weighted by molar-refractivity contribution is 0.183. The van der Waals surface area contributed by atoms with Crippen LogP contribution in [0.15, 0.2) is 64.4 Å². The van der Waals surface area contributed by atoms with Crippen LogP contribution in [0.2, 0.25) is 5.02 Å². The fourth-order valence-electron chi connectivity index (χ4n) is 4.33. The highest BCUT2D eigenvalue weighted by Crippen LogP contribution is 2.39. The fourth-order valence-corrected chi connectivity index (χ4v) is 4.52. The van der Waals surface area contributed by atoms with Crippen molar-refractivity contribution in [3.8, 4) is 11.4 Å². The van der Waals surface area contributed by atoms with Gasteiger partial charge in [0.1, 0.15) is 5.82 Å². The molecule has 1 unspecified atom stereocenters. The van der Waals surface area contributed by atoms with Gasteiger partial charge >= 0.3 is 0 Å². The molecule has 0 bridgehead atoms. The fraction of sp³-hybridized carbons (Fsp3) is 0.320. The average molecular weight is 438 g/mol. The Kier molecular flexibility index (Phi) is 6.67. The molecule has 1 atom stereocenters. The topological polar surface area (TPSA) is 42.2 Å². The van der Waals surface area contributed by atoms with Gasteiger partial charge in [-0.15, -0.1) is 5.73 Å². The molecule has 0 radical (unpaired) electrons. The van der Waals surface area contributed by atoms with Gasteiger partial charge in [-0.1, -0.05) is 41.0 Å². The van der Waals surface area contributed by atoms with E-state index < -0.39 is 0 Å². The number of benzene rings is 2. The molecule has 0 aliphatic heterocycles. The molecule has 0 amide bonds. The number of hydrogen-bond acceptors (Lipinski definition) is 4. The molecule has 1 heterocycles. The molecule has 3 aromatic rings. The summed E-state index contributed by atoms with van der Waals surface area (Å²) in [5.41, 5.74) is 6.45. The lowest BCUT2D eigenvalue weighted by Gasteiger charge is -2.35. The third-order valence-corrected chi connectivity index (χ3v) is 5.99. The van der Waals surface area contributed by atoms with Crippen LogP contribution < -0.4 is 0 Å². The SMILES string of the molecule is CN(C)C(c1cccc(F)c1)C1CCC(=C=Cc2nc(-c3cccc(Cl)c3)no2)CC1. The minimum absolute atomic E-state index is 0.180. The van der Waals surface area contributed by atoms with E-state index in [9.17, 15) is 4.39 Å². The molecule has 1 saturated carbocycles. The van der Waals surface area contributed by atoms with E-state index in [2.05, 4.69) is 34.9 Å². The Morgan fingerprint density at radius 2 is 1.94 bits per heavy atom. The number of rotatable bonds is 5. The maximum Gasteiger partial charge on any atom is 0.258 e. The smallest absolute Gasteiger partial charge is 0.258 e. The number of hydrogen-bond donors (Lipinski definition) is 0. The molecule has 1 aliphatic carbocycles. The molecule has 0 N–H and O–H groups in total. The zero-order chi connectivity index (χ0) is 21.8. The van der Waals surface area contributed by atoms with E-state index in [1.54, 1.807) is 24.3 Å². The monoisotopic (exact) mass is 437 g/mol. The number of nitrogens with zero attached hydrogens (tertiary/aromatic N) is 3. The molecule has 160 valence electrons. The first kappa shape index (κ1) is 21.5. The van der Waals surface area contributed by atoms with Gasteiger partial charge in [0.25, 0.3) is 5.89 Å². The Balaban J connectivity index is 1.44. The standard InChI is InChI=1S/C25H25ClFN3O/c1-30(2)24(19-5-4-8-22(27)16-19)18-12-9-17(10-13-18)11-14-23-28-25(29-31-23)20-6-3-7-21(26)15-20/h3-8,14-16,18,24H,9-10,12-13H2,1-2H3. The molecule has 4 nitrogen and oxygen atoms in total. The van der Waals surface area contributed by atoms with Gasteiger partial charge in [0, 0.05) is 22.7 Å². The van der Waals surface area contributed by atoms with E-state index in [0.717, 1.165) is 36.8 Å². The Labute approximate surface area is 187 Å². The minimum Gasteiger partial charge on any atom is -0.334 e. The van der Waals surface area contributed by atoms with Crippen molar-refractivity contribution in [2.24, 2.45) is 5.92 Å². The van der Waals surface area contributed by atoms with Crippen LogP contribution in [-0.4, -0.2) is 29.1 Å². The van der Waals surface area contributed by atoms with Crippen LogP contribution in [0.3, 0.4) is 0 Å². The van der Waals surface area contributed by atoms with E-state index in [-0.39, 0.29) is 11.9 Å². The molecule has 31 heavy (non-hydrogen) atoms. The van der Waals surface area contributed by atoms with E-state index in [4.69, 9.17) is 16.1 Å². The number of halogens is 2. The molecule has 1 aromatic heterocycles. The van der Waals surface area contributed by atoms with E-state index in [1.165, 1.54) is 11.6 Å². The predicted octanol–water partition coefficient (Wildman–Crippen LogP) is 6.56. The summed E-state index contributed by atoms with van der Waals surface area (Å²) >= 11 is 6.03. The van der Waals surface area contributed by atoms with Crippen LogP contribution >= 0.6 is 11.6 Å². The second-order valence-electron chi connectivity index (χ2n) is 8.16. The molecule has 6 heteroatoms. The van der Waals surface area contributed by atoms with Crippen molar-refractivity contribution in [2.45, 2.75) is 31.7 Å². The summed E-state index contributed by atoms with van der Waals surface area (Å²) in [6.45, 7) is 0. The van der Waals surface area contributed by atoms with Crippen molar-refractivity contribution in [3.05, 3.63) is 82.1 Å². The van der Waals surface area contributed by atoms with Crippen LogP contribution in [0.1, 0.15) is 43.2 Å². The van der Waals surface area contributed by atoms with Crippen LogP contribution in [0.25, 0.3) is 17.5 Å². The van der Waals surface area contributed by atoms with Crippen molar-refractivity contribution in [1.29, 1.82) is 0 Å². The maximum atomic E-state index is 13.7. The van der Waals surface area contributed by atoms with E-state index >= 15 is 0 Å². The molecule has 1 aliphatic rings. The summed E-state index contributed by atoms with van der Waals surface area (Å²) < 4.78 is 19.1. The second kappa shape index (κ2) is 9.61. The highest BCUT2D eigenvalue weighted by atomic mass is 35.5. The molecule has 1 fully saturated rings. The maximum absolute atomic E-state index is 13.7. The van der Waals surface area contributed by atoms with Gasteiger partial charge in [-0.25, -0.2) is 4.39 Å². The Morgan fingerprint density at radius 3 is 2.65 bits per heavy atom. The summed E-state index contributed by atoms with van der Waals surface area (Å²) in [6, 6.07) is 14.5. The third-order valence-electron chi connectivity index (χ3n) is 5.75. The Morgan fingerprint density at radius 1 is 1.16 bits per heavy atom. The largest absolute Gasteiger partial charge is 0.334 e.